The molecule has 0 aliphatic heterocycles. The van der Waals surface area contributed by atoms with Crippen LogP contribution in [-0.4, -0.2) is 23.3 Å². The Morgan fingerprint density at radius 1 is 1.18 bits per heavy atom. The maximum absolute atomic E-state index is 12.2. The van der Waals surface area contributed by atoms with E-state index < -0.39 is 0 Å². The first-order chi connectivity index (χ1) is 10.5. The standard InChI is InChI=1S/C17H20N2O3/c1-12-6-4-8-16(13(12)2)18-17(21)11-19(14(3)20)10-15-7-5-9-22-15/h4-9H,10-11H2,1-3H3,(H,18,21). The summed E-state index contributed by atoms with van der Waals surface area (Å²) in [5, 5.41) is 2.85. The fourth-order valence-electron chi connectivity index (χ4n) is 2.12. The maximum atomic E-state index is 12.2. The summed E-state index contributed by atoms with van der Waals surface area (Å²) in [6, 6.07) is 9.26. The number of hydrogen-bond donors (Lipinski definition) is 1. The van der Waals surface area contributed by atoms with E-state index in [0.717, 1.165) is 16.8 Å². The number of benzene rings is 1. The molecule has 2 amide bonds. The van der Waals surface area contributed by atoms with Crippen molar-refractivity contribution in [3.05, 3.63) is 53.5 Å². The minimum absolute atomic E-state index is 0.0105. The van der Waals surface area contributed by atoms with Crippen molar-refractivity contribution in [2.24, 2.45) is 0 Å². The highest BCUT2D eigenvalue weighted by Crippen LogP contribution is 2.18. The van der Waals surface area contributed by atoms with Crippen LogP contribution in [0.4, 0.5) is 5.69 Å². The molecule has 0 aliphatic carbocycles. The lowest BCUT2D eigenvalue weighted by molar-refractivity contribution is -0.133. The van der Waals surface area contributed by atoms with Crippen LogP contribution in [0.1, 0.15) is 23.8 Å². The molecular weight excluding hydrogens is 280 g/mol. The highest BCUT2D eigenvalue weighted by Gasteiger charge is 2.16. The first-order valence-corrected chi connectivity index (χ1v) is 7.11. The average Bonchev–Trinajstić information content (AvgIpc) is 2.96. The van der Waals surface area contributed by atoms with Gasteiger partial charge in [0.25, 0.3) is 0 Å². The third kappa shape index (κ3) is 3.97. The van der Waals surface area contributed by atoms with Crippen molar-refractivity contribution < 1.29 is 14.0 Å². The normalized spacial score (nSPS) is 10.3. The van der Waals surface area contributed by atoms with Crippen LogP contribution in [0.2, 0.25) is 0 Å². The van der Waals surface area contributed by atoms with E-state index in [0.29, 0.717) is 5.76 Å². The van der Waals surface area contributed by atoms with E-state index in [1.165, 1.54) is 11.8 Å². The lowest BCUT2D eigenvalue weighted by atomic mass is 10.1. The number of anilines is 1. The number of furan rings is 1. The van der Waals surface area contributed by atoms with Crippen LogP contribution in [0.5, 0.6) is 0 Å². The highest BCUT2D eigenvalue weighted by atomic mass is 16.3. The average molecular weight is 300 g/mol. The predicted molar refractivity (Wildman–Crippen MR) is 84.3 cm³/mol. The van der Waals surface area contributed by atoms with Crippen molar-refractivity contribution in [2.45, 2.75) is 27.3 Å². The Bertz CT molecular complexity index is 663. The van der Waals surface area contributed by atoms with Crippen LogP contribution < -0.4 is 5.32 Å². The van der Waals surface area contributed by atoms with E-state index in [4.69, 9.17) is 4.42 Å². The number of hydrogen-bond acceptors (Lipinski definition) is 3. The zero-order valence-corrected chi connectivity index (χ0v) is 13.1. The van der Waals surface area contributed by atoms with Crippen molar-refractivity contribution in [1.82, 2.24) is 4.90 Å². The number of nitrogens with one attached hydrogen (secondary N) is 1. The molecule has 0 atom stereocenters. The van der Waals surface area contributed by atoms with Crippen molar-refractivity contribution in [2.75, 3.05) is 11.9 Å². The van der Waals surface area contributed by atoms with Crippen LogP contribution in [-0.2, 0) is 16.1 Å². The van der Waals surface area contributed by atoms with E-state index in [2.05, 4.69) is 5.32 Å². The van der Waals surface area contributed by atoms with Gasteiger partial charge in [-0.15, -0.1) is 0 Å². The van der Waals surface area contributed by atoms with Gasteiger partial charge >= 0.3 is 0 Å². The summed E-state index contributed by atoms with van der Waals surface area (Å²) in [5.41, 5.74) is 2.90. The second-order valence-electron chi connectivity index (χ2n) is 5.25. The molecule has 0 bridgehead atoms. The molecule has 1 aromatic carbocycles. The third-order valence-corrected chi connectivity index (χ3v) is 3.59. The molecule has 0 fully saturated rings. The van der Waals surface area contributed by atoms with Gasteiger partial charge in [0.1, 0.15) is 12.3 Å². The second kappa shape index (κ2) is 6.93. The largest absolute Gasteiger partial charge is 0.467 e. The number of carbonyl (C=O) groups is 2. The summed E-state index contributed by atoms with van der Waals surface area (Å²) in [5.74, 6) is 0.248. The molecule has 0 radical (unpaired) electrons. The van der Waals surface area contributed by atoms with Gasteiger partial charge in [-0.25, -0.2) is 0 Å². The molecule has 116 valence electrons. The van der Waals surface area contributed by atoms with Crippen LogP contribution in [0.3, 0.4) is 0 Å². The van der Waals surface area contributed by atoms with Gasteiger partial charge in [-0.3, -0.25) is 9.59 Å². The summed E-state index contributed by atoms with van der Waals surface area (Å²) in [6.45, 7) is 5.65. The fourth-order valence-corrected chi connectivity index (χ4v) is 2.12. The molecule has 1 aromatic heterocycles. The molecule has 0 saturated carbocycles. The zero-order valence-electron chi connectivity index (χ0n) is 13.1. The van der Waals surface area contributed by atoms with Crippen molar-refractivity contribution >= 4 is 17.5 Å². The molecule has 1 N–H and O–H groups in total. The first-order valence-electron chi connectivity index (χ1n) is 7.11. The van der Waals surface area contributed by atoms with E-state index in [-0.39, 0.29) is 24.9 Å². The lowest BCUT2D eigenvalue weighted by Crippen LogP contribution is -2.36. The molecular formula is C17H20N2O3. The fraction of sp³-hybridized carbons (Fsp3) is 0.294. The summed E-state index contributed by atoms with van der Waals surface area (Å²) in [6.07, 6.45) is 1.55. The van der Waals surface area contributed by atoms with Gasteiger partial charge in [-0.2, -0.15) is 0 Å². The van der Waals surface area contributed by atoms with Crippen molar-refractivity contribution in [3.8, 4) is 0 Å². The van der Waals surface area contributed by atoms with Gasteiger partial charge < -0.3 is 14.6 Å². The summed E-state index contributed by atoms with van der Waals surface area (Å²) >= 11 is 0. The van der Waals surface area contributed by atoms with Gasteiger partial charge in [-0.1, -0.05) is 12.1 Å². The zero-order chi connectivity index (χ0) is 16.1. The van der Waals surface area contributed by atoms with Crippen LogP contribution in [0, 0.1) is 13.8 Å². The Morgan fingerprint density at radius 3 is 2.59 bits per heavy atom. The number of nitrogens with zero attached hydrogens (tertiary/aromatic N) is 1. The first kappa shape index (κ1) is 15.8. The monoisotopic (exact) mass is 300 g/mol. The van der Waals surface area contributed by atoms with E-state index in [1.807, 2.05) is 32.0 Å². The second-order valence-corrected chi connectivity index (χ2v) is 5.25. The van der Waals surface area contributed by atoms with Gasteiger partial charge in [-0.05, 0) is 43.2 Å². The quantitative estimate of drug-likeness (QED) is 0.923. The lowest BCUT2D eigenvalue weighted by Gasteiger charge is -2.20. The van der Waals surface area contributed by atoms with Gasteiger partial charge in [0, 0.05) is 12.6 Å². The van der Waals surface area contributed by atoms with E-state index in [9.17, 15) is 9.59 Å². The molecule has 5 nitrogen and oxygen atoms in total. The SMILES string of the molecule is CC(=O)N(CC(=O)Nc1cccc(C)c1C)Cc1ccco1. The van der Waals surface area contributed by atoms with Crippen LogP contribution in [0.25, 0.3) is 0 Å². The molecule has 2 aromatic rings. The molecule has 22 heavy (non-hydrogen) atoms. The Labute approximate surface area is 129 Å². The predicted octanol–water partition coefficient (Wildman–Crippen LogP) is 2.88. The summed E-state index contributed by atoms with van der Waals surface area (Å²) in [7, 11) is 0. The molecule has 0 aliphatic rings. The Morgan fingerprint density at radius 2 is 1.95 bits per heavy atom. The minimum Gasteiger partial charge on any atom is -0.467 e. The molecule has 2 rings (SSSR count). The minimum atomic E-state index is -0.226. The Hall–Kier alpha value is -2.56. The van der Waals surface area contributed by atoms with Crippen LogP contribution in [0.15, 0.2) is 41.0 Å². The summed E-state index contributed by atoms with van der Waals surface area (Å²) < 4.78 is 5.22. The maximum Gasteiger partial charge on any atom is 0.244 e. The van der Waals surface area contributed by atoms with Gasteiger partial charge in [0.15, 0.2) is 0 Å². The van der Waals surface area contributed by atoms with Crippen molar-refractivity contribution in [3.63, 3.8) is 0 Å². The summed E-state index contributed by atoms with van der Waals surface area (Å²) in [4.78, 5) is 25.3. The molecule has 0 saturated heterocycles. The number of rotatable bonds is 5. The Balaban J connectivity index is 2.02. The van der Waals surface area contributed by atoms with Gasteiger partial charge in [0.2, 0.25) is 11.8 Å². The van der Waals surface area contributed by atoms with Crippen molar-refractivity contribution in [1.29, 1.82) is 0 Å². The smallest absolute Gasteiger partial charge is 0.244 e. The number of aryl methyl sites for hydroxylation is 1. The molecule has 0 unspecified atom stereocenters. The molecule has 0 spiro atoms. The molecule has 1 heterocycles. The topological polar surface area (TPSA) is 62.6 Å². The van der Waals surface area contributed by atoms with Gasteiger partial charge in [0.05, 0.1) is 12.8 Å². The molecule has 5 heteroatoms. The Kier molecular flexibility index (Phi) is 4.99. The number of amides is 2. The highest BCUT2D eigenvalue weighted by molar-refractivity contribution is 5.95. The third-order valence-electron chi connectivity index (χ3n) is 3.59. The van der Waals surface area contributed by atoms with E-state index in [1.54, 1.807) is 18.4 Å². The van der Waals surface area contributed by atoms with E-state index >= 15 is 0 Å². The number of carbonyl (C=O) groups excluding carboxylic acids is 2. The van der Waals surface area contributed by atoms with Crippen LogP contribution >= 0.6 is 0 Å².